The molecule has 0 amide bonds. The molecule has 0 saturated heterocycles. The summed E-state index contributed by atoms with van der Waals surface area (Å²) in [6.45, 7) is 0.479. The van der Waals surface area contributed by atoms with Gasteiger partial charge in [-0.05, 0) is 30.4 Å². The summed E-state index contributed by atoms with van der Waals surface area (Å²) in [4.78, 5) is 13.3. The number of hydroxylamine groups is 1. The second kappa shape index (κ2) is 4.79. The molecule has 1 atom stereocenters. The fourth-order valence-corrected chi connectivity index (χ4v) is 1.34. The van der Waals surface area contributed by atoms with Gasteiger partial charge in [-0.2, -0.15) is 0 Å². The van der Waals surface area contributed by atoms with Crippen molar-refractivity contribution in [2.45, 2.75) is 6.10 Å². The number of nitrogens with one attached hydrogen (secondary N) is 1. The molecule has 15 heavy (non-hydrogen) atoms. The van der Waals surface area contributed by atoms with Gasteiger partial charge in [-0.25, -0.2) is 4.99 Å². The molecule has 0 aromatic carbocycles. The van der Waals surface area contributed by atoms with E-state index in [1.54, 1.807) is 6.20 Å². The summed E-state index contributed by atoms with van der Waals surface area (Å²) < 4.78 is 0. The summed E-state index contributed by atoms with van der Waals surface area (Å²) in [7, 11) is 0. The average Bonchev–Trinajstić information content (AvgIpc) is 2.76. The Hall–Kier alpha value is -1.55. The van der Waals surface area contributed by atoms with Gasteiger partial charge in [0.15, 0.2) is 0 Å². The van der Waals surface area contributed by atoms with E-state index in [1.807, 2.05) is 24.3 Å². The summed E-state index contributed by atoms with van der Waals surface area (Å²) in [5, 5.41) is 2.30. The predicted octanol–water partition coefficient (Wildman–Crippen LogP) is 1.43. The summed E-state index contributed by atoms with van der Waals surface area (Å²) >= 11 is 4.48. The first-order valence-corrected chi connectivity index (χ1v) is 4.89. The van der Waals surface area contributed by atoms with Gasteiger partial charge < -0.3 is 0 Å². The summed E-state index contributed by atoms with van der Waals surface area (Å²) in [6, 6.07) is 5.70. The number of thiocarbonyl (C=S) groups is 1. The second-order valence-electron chi connectivity index (χ2n) is 2.99. The van der Waals surface area contributed by atoms with E-state index in [1.165, 1.54) is 0 Å². The van der Waals surface area contributed by atoms with Crippen molar-refractivity contribution in [3.63, 3.8) is 0 Å². The lowest BCUT2D eigenvalue weighted by atomic mass is 10.2. The molecule has 1 aromatic heterocycles. The maximum atomic E-state index is 5.26. The van der Waals surface area contributed by atoms with Gasteiger partial charge in [0.25, 0.3) is 0 Å². The molecular formula is C10H9N3OS. The summed E-state index contributed by atoms with van der Waals surface area (Å²) in [6.07, 6.45) is 3.57. The zero-order valence-corrected chi connectivity index (χ0v) is 8.70. The van der Waals surface area contributed by atoms with Crippen molar-refractivity contribution in [2.24, 2.45) is 4.99 Å². The van der Waals surface area contributed by atoms with Gasteiger partial charge in [0.1, 0.15) is 6.10 Å². The molecule has 0 bridgehead atoms. The quantitative estimate of drug-likeness (QED) is 0.617. The Balaban J connectivity index is 2.09. The number of hydrogen-bond donors (Lipinski definition) is 1. The first-order chi connectivity index (χ1) is 7.40. The Morgan fingerprint density at radius 3 is 3.27 bits per heavy atom. The number of aliphatic imine (C=N–C) groups is 1. The molecule has 76 valence electrons. The number of hydrogen-bond acceptors (Lipinski definition) is 5. The van der Waals surface area contributed by atoms with E-state index >= 15 is 0 Å². The number of rotatable bonds is 3. The van der Waals surface area contributed by atoms with E-state index < -0.39 is 0 Å². The molecular weight excluding hydrogens is 210 g/mol. The number of pyridine rings is 1. The van der Waals surface area contributed by atoms with Crippen LogP contribution in [0.4, 0.5) is 0 Å². The molecule has 2 heterocycles. The van der Waals surface area contributed by atoms with E-state index in [0.717, 1.165) is 11.4 Å². The largest absolute Gasteiger partial charge is 0.267 e. The third-order valence-corrected chi connectivity index (χ3v) is 2.08. The highest BCUT2D eigenvalue weighted by molar-refractivity contribution is 7.78. The average molecular weight is 219 g/mol. The van der Waals surface area contributed by atoms with E-state index in [9.17, 15) is 0 Å². The Labute approximate surface area is 92.7 Å². The van der Waals surface area contributed by atoms with Crippen LogP contribution in [0.5, 0.6) is 0 Å². The van der Waals surface area contributed by atoms with Crippen LogP contribution in [0, 0.1) is 0 Å². The zero-order chi connectivity index (χ0) is 10.5. The first kappa shape index (κ1) is 9.98. The molecule has 0 radical (unpaired) electrons. The van der Waals surface area contributed by atoms with Crippen LogP contribution in [0.15, 0.2) is 35.5 Å². The van der Waals surface area contributed by atoms with Crippen molar-refractivity contribution < 1.29 is 4.84 Å². The van der Waals surface area contributed by atoms with Crippen LogP contribution in [-0.2, 0) is 4.84 Å². The molecule has 5 heteroatoms. The van der Waals surface area contributed by atoms with E-state index in [0.29, 0.717) is 6.54 Å². The minimum absolute atomic E-state index is 0.0996. The van der Waals surface area contributed by atoms with Crippen LogP contribution >= 0.6 is 12.2 Å². The predicted molar refractivity (Wildman–Crippen MR) is 60.1 cm³/mol. The molecule has 2 rings (SSSR count). The highest BCUT2D eigenvalue weighted by Crippen LogP contribution is 2.15. The number of isothiocyanates is 1. The van der Waals surface area contributed by atoms with Crippen molar-refractivity contribution >= 4 is 23.1 Å². The van der Waals surface area contributed by atoms with Crippen LogP contribution in [0.2, 0.25) is 0 Å². The lowest BCUT2D eigenvalue weighted by Gasteiger charge is -2.02. The van der Waals surface area contributed by atoms with Gasteiger partial charge in [-0.1, -0.05) is 6.07 Å². The van der Waals surface area contributed by atoms with Crippen LogP contribution in [0.25, 0.3) is 5.70 Å². The Morgan fingerprint density at radius 2 is 2.53 bits per heavy atom. The second-order valence-corrected chi connectivity index (χ2v) is 3.17. The van der Waals surface area contributed by atoms with E-state index in [-0.39, 0.29) is 6.10 Å². The van der Waals surface area contributed by atoms with Gasteiger partial charge in [0.2, 0.25) is 0 Å². The topological polar surface area (TPSA) is 46.5 Å². The lowest BCUT2D eigenvalue weighted by Crippen LogP contribution is -2.14. The van der Waals surface area contributed by atoms with Gasteiger partial charge in [-0.15, -0.1) is 0 Å². The molecule has 0 aliphatic carbocycles. The maximum Gasteiger partial charge on any atom is 0.126 e. The van der Waals surface area contributed by atoms with Crippen LogP contribution in [0.3, 0.4) is 0 Å². The van der Waals surface area contributed by atoms with Crippen LogP contribution in [-0.4, -0.2) is 22.8 Å². The van der Waals surface area contributed by atoms with Gasteiger partial charge >= 0.3 is 0 Å². The maximum absolute atomic E-state index is 5.26. The van der Waals surface area contributed by atoms with Crippen LogP contribution in [0.1, 0.15) is 5.69 Å². The molecule has 1 aromatic rings. The Kier molecular flexibility index (Phi) is 3.19. The highest BCUT2D eigenvalue weighted by Gasteiger charge is 2.17. The monoisotopic (exact) mass is 219 g/mol. The molecule has 1 unspecified atom stereocenters. The lowest BCUT2D eigenvalue weighted by molar-refractivity contribution is 0.0570. The summed E-state index contributed by atoms with van der Waals surface area (Å²) in [5.74, 6) is 0. The highest BCUT2D eigenvalue weighted by atomic mass is 32.1. The Morgan fingerprint density at radius 1 is 1.60 bits per heavy atom. The van der Waals surface area contributed by atoms with Crippen molar-refractivity contribution in [3.8, 4) is 0 Å². The third-order valence-electron chi connectivity index (χ3n) is 1.95. The molecule has 0 saturated carbocycles. The molecule has 4 nitrogen and oxygen atoms in total. The van der Waals surface area contributed by atoms with Crippen LogP contribution < -0.4 is 5.48 Å². The number of aromatic nitrogens is 1. The van der Waals surface area contributed by atoms with Gasteiger partial charge in [0, 0.05) is 6.20 Å². The smallest absolute Gasteiger partial charge is 0.126 e. The van der Waals surface area contributed by atoms with Crippen molar-refractivity contribution in [1.29, 1.82) is 0 Å². The number of nitrogens with zero attached hydrogens (tertiary/aromatic N) is 2. The Bertz CT molecular complexity index is 412. The van der Waals surface area contributed by atoms with Crippen molar-refractivity contribution in [2.75, 3.05) is 6.54 Å². The van der Waals surface area contributed by atoms with Crippen molar-refractivity contribution in [1.82, 2.24) is 10.5 Å². The first-order valence-electron chi connectivity index (χ1n) is 4.48. The minimum atomic E-state index is -0.0996. The molecule has 1 aliphatic rings. The standard InChI is InChI=1S/C10H9N3OS/c15-7-11-6-8-5-10(13-14-8)9-3-1-2-4-12-9/h1-5,8,13H,6H2. The zero-order valence-electron chi connectivity index (χ0n) is 7.88. The van der Waals surface area contributed by atoms with Crippen molar-refractivity contribution in [3.05, 3.63) is 36.2 Å². The van der Waals surface area contributed by atoms with E-state index in [2.05, 4.69) is 32.8 Å². The van der Waals surface area contributed by atoms with Gasteiger partial charge in [-0.3, -0.25) is 15.3 Å². The molecule has 1 aliphatic heterocycles. The minimum Gasteiger partial charge on any atom is -0.267 e. The SMILES string of the molecule is S=C=NCC1C=C(c2ccccn2)NO1. The molecule has 1 N–H and O–H groups in total. The normalized spacial score (nSPS) is 18.9. The fourth-order valence-electron chi connectivity index (χ4n) is 1.27. The molecule has 0 spiro atoms. The fraction of sp³-hybridized carbons (Fsp3) is 0.200. The molecule has 0 fully saturated rings. The summed E-state index contributed by atoms with van der Waals surface area (Å²) in [5.41, 5.74) is 4.52. The van der Waals surface area contributed by atoms with E-state index in [4.69, 9.17) is 4.84 Å². The third kappa shape index (κ3) is 2.47. The van der Waals surface area contributed by atoms with Gasteiger partial charge in [0.05, 0.1) is 23.1 Å².